The molecular weight excluding hydrogens is 236 g/mol. The molecule has 0 aromatic heterocycles. The number of anilines is 1. The van der Waals surface area contributed by atoms with E-state index < -0.39 is 11.0 Å². The van der Waals surface area contributed by atoms with Gasteiger partial charge >= 0.3 is 6.09 Å². The highest BCUT2D eigenvalue weighted by atomic mass is 16.6. The number of unbranched alkanes of at least 4 members (excludes halogenated alkanes) is 1. The van der Waals surface area contributed by atoms with E-state index in [1.54, 1.807) is 13.0 Å². The Labute approximate surface area is 105 Å². The zero-order valence-corrected chi connectivity index (χ0v) is 10.4. The van der Waals surface area contributed by atoms with Crippen molar-refractivity contribution in [1.29, 1.82) is 0 Å². The van der Waals surface area contributed by atoms with Gasteiger partial charge in [0.25, 0.3) is 5.69 Å². The topological polar surface area (TPSA) is 81.5 Å². The second-order valence-electron chi connectivity index (χ2n) is 3.82. The number of hydrogen-bond acceptors (Lipinski definition) is 4. The quantitative estimate of drug-likeness (QED) is 0.495. The highest BCUT2D eigenvalue weighted by molar-refractivity contribution is 5.86. The van der Waals surface area contributed by atoms with Crippen LogP contribution in [0.3, 0.4) is 0 Å². The Hall–Kier alpha value is -2.11. The van der Waals surface area contributed by atoms with Crippen LogP contribution in [0.4, 0.5) is 16.2 Å². The average molecular weight is 252 g/mol. The number of ether oxygens (including phenoxy) is 1. The maximum absolute atomic E-state index is 11.4. The van der Waals surface area contributed by atoms with Crippen LogP contribution >= 0.6 is 0 Å². The van der Waals surface area contributed by atoms with Gasteiger partial charge in [0.1, 0.15) is 0 Å². The monoisotopic (exact) mass is 252 g/mol. The fourth-order valence-electron chi connectivity index (χ4n) is 1.41. The maximum atomic E-state index is 11.4. The predicted octanol–water partition coefficient (Wildman–Crippen LogP) is 3.25. The summed E-state index contributed by atoms with van der Waals surface area (Å²) < 4.78 is 4.92. The molecule has 1 rings (SSSR count). The van der Waals surface area contributed by atoms with Gasteiger partial charge in [0.05, 0.1) is 22.8 Å². The molecule has 0 aliphatic carbocycles. The van der Waals surface area contributed by atoms with Crippen LogP contribution < -0.4 is 5.32 Å². The van der Waals surface area contributed by atoms with E-state index in [1.807, 2.05) is 6.92 Å². The zero-order valence-electron chi connectivity index (χ0n) is 10.4. The summed E-state index contributed by atoms with van der Waals surface area (Å²) in [6.45, 7) is 3.92. The zero-order chi connectivity index (χ0) is 13.5. The third kappa shape index (κ3) is 3.73. The standard InChI is InChI=1S/C12H16N2O4/c1-3-4-8-18-12(15)13-10-6-5-7-11(9(10)2)14(16)17/h5-7H,3-4,8H2,1-2H3,(H,13,15). The number of nitro groups is 1. The van der Waals surface area contributed by atoms with Crippen molar-refractivity contribution in [2.24, 2.45) is 0 Å². The summed E-state index contributed by atoms with van der Waals surface area (Å²) in [5, 5.41) is 13.2. The van der Waals surface area contributed by atoms with Gasteiger partial charge in [-0.3, -0.25) is 15.4 Å². The first kappa shape index (κ1) is 14.0. The van der Waals surface area contributed by atoms with E-state index >= 15 is 0 Å². The molecule has 0 aliphatic rings. The number of amides is 1. The fourth-order valence-corrected chi connectivity index (χ4v) is 1.41. The van der Waals surface area contributed by atoms with Crippen LogP contribution in [0, 0.1) is 17.0 Å². The van der Waals surface area contributed by atoms with Crippen molar-refractivity contribution in [2.45, 2.75) is 26.7 Å². The van der Waals surface area contributed by atoms with Crippen LogP contribution in [0.25, 0.3) is 0 Å². The van der Waals surface area contributed by atoms with Crippen molar-refractivity contribution in [3.63, 3.8) is 0 Å². The molecule has 1 N–H and O–H groups in total. The van der Waals surface area contributed by atoms with Crippen molar-refractivity contribution < 1.29 is 14.5 Å². The largest absolute Gasteiger partial charge is 0.449 e. The Kier molecular flexibility index (Phi) is 5.10. The van der Waals surface area contributed by atoms with Crippen LogP contribution in [0.5, 0.6) is 0 Å². The lowest BCUT2D eigenvalue weighted by atomic mass is 10.1. The number of rotatable bonds is 5. The molecule has 1 aromatic carbocycles. The lowest BCUT2D eigenvalue weighted by Gasteiger charge is -2.08. The van der Waals surface area contributed by atoms with Gasteiger partial charge in [-0.25, -0.2) is 4.79 Å². The molecule has 0 saturated carbocycles. The second kappa shape index (κ2) is 6.58. The predicted molar refractivity (Wildman–Crippen MR) is 67.7 cm³/mol. The van der Waals surface area contributed by atoms with Gasteiger partial charge in [0.15, 0.2) is 0 Å². The molecule has 6 nitrogen and oxygen atoms in total. The van der Waals surface area contributed by atoms with Crippen molar-refractivity contribution in [2.75, 3.05) is 11.9 Å². The number of nitrogens with one attached hydrogen (secondary N) is 1. The summed E-state index contributed by atoms with van der Waals surface area (Å²) in [6.07, 6.45) is 1.14. The molecular formula is C12H16N2O4. The van der Waals surface area contributed by atoms with E-state index in [9.17, 15) is 14.9 Å². The van der Waals surface area contributed by atoms with Gasteiger partial charge in [0.2, 0.25) is 0 Å². The lowest BCUT2D eigenvalue weighted by Crippen LogP contribution is -2.15. The summed E-state index contributed by atoms with van der Waals surface area (Å²) in [4.78, 5) is 21.7. The highest BCUT2D eigenvalue weighted by Crippen LogP contribution is 2.24. The van der Waals surface area contributed by atoms with Gasteiger partial charge < -0.3 is 4.74 Å². The van der Waals surface area contributed by atoms with E-state index in [2.05, 4.69) is 5.32 Å². The Morgan fingerprint density at radius 2 is 2.22 bits per heavy atom. The smallest absolute Gasteiger partial charge is 0.411 e. The minimum Gasteiger partial charge on any atom is -0.449 e. The molecule has 0 fully saturated rings. The molecule has 0 atom stereocenters. The number of nitrogens with zero attached hydrogens (tertiary/aromatic N) is 1. The summed E-state index contributed by atoms with van der Waals surface area (Å²) in [7, 11) is 0. The summed E-state index contributed by atoms with van der Waals surface area (Å²) >= 11 is 0. The van der Waals surface area contributed by atoms with E-state index in [0.717, 1.165) is 12.8 Å². The fraction of sp³-hybridized carbons (Fsp3) is 0.417. The number of benzene rings is 1. The molecule has 0 bridgehead atoms. The van der Waals surface area contributed by atoms with Crippen LogP contribution in [-0.2, 0) is 4.74 Å². The first-order valence-electron chi connectivity index (χ1n) is 5.74. The Morgan fingerprint density at radius 3 is 2.83 bits per heavy atom. The number of hydrogen-bond donors (Lipinski definition) is 1. The first-order valence-corrected chi connectivity index (χ1v) is 5.74. The molecule has 0 radical (unpaired) electrons. The summed E-state index contributed by atoms with van der Waals surface area (Å²) in [5.74, 6) is 0. The minimum absolute atomic E-state index is 0.0265. The van der Waals surface area contributed by atoms with Crippen LogP contribution in [0.15, 0.2) is 18.2 Å². The summed E-state index contributed by atoms with van der Waals surface area (Å²) in [6, 6.07) is 4.51. The van der Waals surface area contributed by atoms with Crippen molar-refractivity contribution >= 4 is 17.5 Å². The Morgan fingerprint density at radius 1 is 1.50 bits per heavy atom. The minimum atomic E-state index is -0.591. The third-order valence-electron chi connectivity index (χ3n) is 2.47. The van der Waals surface area contributed by atoms with Crippen LogP contribution in [0.2, 0.25) is 0 Å². The van der Waals surface area contributed by atoms with E-state index in [0.29, 0.717) is 17.9 Å². The SMILES string of the molecule is CCCCOC(=O)Nc1cccc([N+](=O)[O-])c1C. The van der Waals surface area contributed by atoms with E-state index in [4.69, 9.17) is 4.74 Å². The average Bonchev–Trinajstić information content (AvgIpc) is 2.32. The molecule has 1 aromatic rings. The number of carbonyl (C=O) groups excluding carboxylic acids is 1. The van der Waals surface area contributed by atoms with E-state index in [-0.39, 0.29) is 5.69 Å². The molecule has 6 heteroatoms. The van der Waals surface area contributed by atoms with Gasteiger partial charge in [-0.05, 0) is 19.4 Å². The molecule has 0 aliphatic heterocycles. The molecule has 98 valence electrons. The number of nitro benzene ring substituents is 1. The third-order valence-corrected chi connectivity index (χ3v) is 2.47. The molecule has 0 spiro atoms. The molecule has 0 heterocycles. The normalized spacial score (nSPS) is 9.89. The maximum Gasteiger partial charge on any atom is 0.411 e. The van der Waals surface area contributed by atoms with E-state index in [1.165, 1.54) is 12.1 Å². The first-order chi connectivity index (χ1) is 8.56. The Balaban J connectivity index is 2.70. The molecule has 18 heavy (non-hydrogen) atoms. The molecule has 0 unspecified atom stereocenters. The molecule has 0 saturated heterocycles. The van der Waals surface area contributed by atoms with Crippen molar-refractivity contribution in [3.05, 3.63) is 33.9 Å². The highest BCUT2D eigenvalue weighted by Gasteiger charge is 2.14. The van der Waals surface area contributed by atoms with Gasteiger partial charge in [-0.15, -0.1) is 0 Å². The lowest BCUT2D eigenvalue weighted by molar-refractivity contribution is -0.385. The second-order valence-corrected chi connectivity index (χ2v) is 3.82. The van der Waals surface area contributed by atoms with Crippen LogP contribution in [0.1, 0.15) is 25.3 Å². The van der Waals surface area contributed by atoms with Crippen molar-refractivity contribution in [3.8, 4) is 0 Å². The van der Waals surface area contributed by atoms with Gasteiger partial charge in [-0.1, -0.05) is 19.4 Å². The van der Waals surface area contributed by atoms with Gasteiger partial charge in [-0.2, -0.15) is 0 Å². The molecule has 1 amide bonds. The summed E-state index contributed by atoms with van der Waals surface area (Å²) in [5.41, 5.74) is 0.780. The van der Waals surface area contributed by atoms with Crippen molar-refractivity contribution in [1.82, 2.24) is 0 Å². The Bertz CT molecular complexity index is 446. The number of carbonyl (C=O) groups is 1. The van der Waals surface area contributed by atoms with Crippen LogP contribution in [-0.4, -0.2) is 17.6 Å². The van der Waals surface area contributed by atoms with Gasteiger partial charge in [0, 0.05) is 6.07 Å².